The monoisotopic (exact) mass is 403 g/mol. The third-order valence-electron chi connectivity index (χ3n) is 10.3. The van der Waals surface area contributed by atoms with Crippen molar-refractivity contribution in [3.05, 3.63) is 11.6 Å². The van der Waals surface area contributed by atoms with Gasteiger partial charge in [0.25, 0.3) is 0 Å². The lowest BCUT2D eigenvalue weighted by Crippen LogP contribution is -2.62. The number of hydrogen-bond donors (Lipinski definition) is 2. The summed E-state index contributed by atoms with van der Waals surface area (Å²) in [7, 11) is 1.72. The standard InChI is InChI=1S/C24H37NO4/c1-22-9-6-17(25-28-3)13-16(22)4-5-20-19(22)7-10-23(2)18(8-11-24(20,23)27)15-12-21(26)29-14-15/h12,16-20,25,27H,4-11,13-14H2,1-3H3/t16?,17-,18+,19?,20?,22-,23+,24-/m0/s1. The van der Waals surface area contributed by atoms with E-state index < -0.39 is 5.60 Å². The van der Waals surface area contributed by atoms with E-state index in [0.29, 0.717) is 29.9 Å². The van der Waals surface area contributed by atoms with E-state index in [1.165, 1.54) is 25.7 Å². The lowest BCUT2D eigenvalue weighted by atomic mass is 9.43. The second-order valence-corrected chi connectivity index (χ2v) is 11.1. The maximum Gasteiger partial charge on any atom is 0.331 e. The lowest BCUT2D eigenvalue weighted by Gasteiger charge is -2.63. The summed E-state index contributed by atoms with van der Waals surface area (Å²) in [5, 5.41) is 12.2. The van der Waals surface area contributed by atoms with Crippen LogP contribution in [0.3, 0.4) is 0 Å². The number of esters is 1. The molecule has 4 fully saturated rings. The molecule has 0 saturated heterocycles. The van der Waals surface area contributed by atoms with Crippen LogP contribution in [0.5, 0.6) is 0 Å². The smallest absolute Gasteiger partial charge is 0.331 e. The molecule has 3 unspecified atom stereocenters. The van der Waals surface area contributed by atoms with Crippen molar-refractivity contribution >= 4 is 5.97 Å². The molecule has 5 aliphatic rings. The Kier molecular flexibility index (Phi) is 4.69. The Bertz CT molecular complexity index is 722. The molecule has 29 heavy (non-hydrogen) atoms. The van der Waals surface area contributed by atoms with E-state index in [4.69, 9.17) is 9.57 Å². The number of carbonyl (C=O) groups excluding carboxylic acids is 1. The van der Waals surface area contributed by atoms with Crippen LogP contribution in [0.15, 0.2) is 11.6 Å². The van der Waals surface area contributed by atoms with E-state index in [9.17, 15) is 9.90 Å². The zero-order chi connectivity index (χ0) is 20.4. The van der Waals surface area contributed by atoms with E-state index in [0.717, 1.165) is 43.6 Å². The fraction of sp³-hybridized carbons (Fsp3) is 0.875. The number of cyclic esters (lactones) is 1. The minimum atomic E-state index is -0.608. The summed E-state index contributed by atoms with van der Waals surface area (Å²) in [4.78, 5) is 16.9. The summed E-state index contributed by atoms with van der Waals surface area (Å²) in [6.45, 7) is 5.25. The highest BCUT2D eigenvalue weighted by atomic mass is 16.6. The topological polar surface area (TPSA) is 67.8 Å². The van der Waals surface area contributed by atoms with Gasteiger partial charge in [-0.3, -0.25) is 0 Å². The molecule has 0 aromatic heterocycles. The molecular weight excluding hydrogens is 366 g/mol. The summed E-state index contributed by atoms with van der Waals surface area (Å²) >= 11 is 0. The number of ether oxygens (including phenoxy) is 1. The molecule has 1 aliphatic heterocycles. The number of fused-ring (bicyclic) bond motifs is 5. The van der Waals surface area contributed by atoms with E-state index >= 15 is 0 Å². The molecule has 162 valence electrons. The van der Waals surface area contributed by atoms with Crippen molar-refractivity contribution in [2.24, 2.45) is 34.5 Å². The van der Waals surface area contributed by atoms with Crippen LogP contribution in [-0.2, 0) is 14.4 Å². The molecule has 0 bridgehead atoms. The molecular formula is C24H37NO4. The minimum Gasteiger partial charge on any atom is -0.458 e. The Morgan fingerprint density at radius 1 is 1.10 bits per heavy atom. The fourth-order valence-electron chi connectivity index (χ4n) is 8.68. The van der Waals surface area contributed by atoms with Crippen molar-refractivity contribution in [3.8, 4) is 0 Å². The van der Waals surface area contributed by atoms with Crippen LogP contribution in [-0.4, -0.2) is 36.4 Å². The predicted molar refractivity (Wildman–Crippen MR) is 110 cm³/mol. The minimum absolute atomic E-state index is 0.133. The zero-order valence-electron chi connectivity index (χ0n) is 18.2. The van der Waals surface area contributed by atoms with Crippen molar-refractivity contribution in [1.29, 1.82) is 0 Å². The molecule has 0 aromatic rings. The molecule has 5 rings (SSSR count). The molecule has 8 atom stereocenters. The van der Waals surface area contributed by atoms with Crippen molar-refractivity contribution in [2.45, 2.75) is 83.3 Å². The Balaban J connectivity index is 1.41. The average molecular weight is 404 g/mol. The van der Waals surface area contributed by atoms with Crippen molar-refractivity contribution < 1.29 is 19.5 Å². The first-order valence-electron chi connectivity index (χ1n) is 11.7. The van der Waals surface area contributed by atoms with Crippen molar-refractivity contribution in [2.75, 3.05) is 13.7 Å². The third kappa shape index (κ3) is 2.73. The van der Waals surface area contributed by atoms with Gasteiger partial charge in [-0.1, -0.05) is 13.8 Å². The number of carbonyl (C=O) groups is 1. The maximum atomic E-state index is 12.2. The number of aliphatic hydroxyl groups is 1. The van der Waals surface area contributed by atoms with Crippen LogP contribution >= 0.6 is 0 Å². The van der Waals surface area contributed by atoms with Crippen LogP contribution in [0, 0.1) is 34.5 Å². The summed E-state index contributed by atoms with van der Waals surface area (Å²) in [5.74, 6) is 1.79. The second-order valence-electron chi connectivity index (χ2n) is 11.1. The van der Waals surface area contributed by atoms with Gasteiger partial charge in [-0.15, -0.1) is 0 Å². The van der Waals surface area contributed by atoms with Gasteiger partial charge in [-0.05, 0) is 92.4 Å². The molecule has 0 spiro atoms. The van der Waals surface area contributed by atoms with Gasteiger partial charge in [0.15, 0.2) is 0 Å². The average Bonchev–Trinajstić information content (AvgIpc) is 3.23. The van der Waals surface area contributed by atoms with Gasteiger partial charge in [0, 0.05) is 17.5 Å². The first-order valence-corrected chi connectivity index (χ1v) is 11.7. The molecule has 0 radical (unpaired) electrons. The highest BCUT2D eigenvalue weighted by Crippen LogP contribution is 2.69. The van der Waals surface area contributed by atoms with Gasteiger partial charge in [0.05, 0.1) is 12.7 Å². The highest BCUT2D eigenvalue weighted by Gasteiger charge is 2.67. The lowest BCUT2D eigenvalue weighted by molar-refractivity contribution is -0.206. The van der Waals surface area contributed by atoms with Gasteiger partial charge in [-0.25, -0.2) is 4.79 Å². The Morgan fingerprint density at radius 2 is 1.93 bits per heavy atom. The number of hydroxylamine groups is 1. The zero-order valence-corrected chi connectivity index (χ0v) is 18.2. The summed E-state index contributed by atoms with van der Waals surface area (Å²) in [6, 6.07) is 0.467. The Labute approximate surface area is 174 Å². The van der Waals surface area contributed by atoms with Crippen LogP contribution in [0.1, 0.15) is 71.6 Å². The molecule has 1 heterocycles. The van der Waals surface area contributed by atoms with E-state index in [2.05, 4.69) is 19.3 Å². The molecule has 2 N–H and O–H groups in total. The van der Waals surface area contributed by atoms with Crippen LogP contribution in [0.4, 0.5) is 0 Å². The van der Waals surface area contributed by atoms with Gasteiger partial charge >= 0.3 is 5.97 Å². The number of rotatable bonds is 3. The van der Waals surface area contributed by atoms with Crippen molar-refractivity contribution in [1.82, 2.24) is 5.48 Å². The number of nitrogens with one attached hydrogen (secondary N) is 1. The molecule has 4 saturated carbocycles. The molecule has 5 nitrogen and oxygen atoms in total. The summed E-state index contributed by atoms with van der Waals surface area (Å²) < 4.78 is 5.23. The van der Waals surface area contributed by atoms with Gasteiger partial charge in [-0.2, -0.15) is 5.48 Å². The van der Waals surface area contributed by atoms with Gasteiger partial charge in [0.2, 0.25) is 0 Å². The molecule has 0 aromatic carbocycles. The van der Waals surface area contributed by atoms with E-state index in [-0.39, 0.29) is 17.3 Å². The first-order chi connectivity index (χ1) is 13.8. The van der Waals surface area contributed by atoms with Crippen molar-refractivity contribution in [3.63, 3.8) is 0 Å². The van der Waals surface area contributed by atoms with E-state index in [1.807, 2.05) is 0 Å². The largest absolute Gasteiger partial charge is 0.458 e. The quantitative estimate of drug-likeness (QED) is 0.555. The molecule has 5 heteroatoms. The van der Waals surface area contributed by atoms with Crippen LogP contribution in [0.2, 0.25) is 0 Å². The third-order valence-corrected chi connectivity index (χ3v) is 10.3. The highest BCUT2D eigenvalue weighted by molar-refractivity contribution is 5.85. The predicted octanol–water partition coefficient (Wildman–Crippen LogP) is 3.76. The normalized spacial score (nSPS) is 51.7. The molecule has 4 aliphatic carbocycles. The van der Waals surface area contributed by atoms with Crippen LogP contribution in [0.25, 0.3) is 0 Å². The van der Waals surface area contributed by atoms with Gasteiger partial charge < -0.3 is 14.7 Å². The SMILES string of the molecule is CON[C@H]1CC[C@@]2(C)C(CCC3C2CC[C@]2(C)[C@@H](C4=CC(=O)OC4)CC[C@]32O)C1. The Morgan fingerprint density at radius 3 is 2.66 bits per heavy atom. The summed E-state index contributed by atoms with van der Waals surface area (Å²) in [6.07, 6.45) is 11.8. The molecule has 0 amide bonds. The summed E-state index contributed by atoms with van der Waals surface area (Å²) in [5.41, 5.74) is 3.91. The number of hydrogen-bond acceptors (Lipinski definition) is 5. The fourth-order valence-corrected chi connectivity index (χ4v) is 8.68. The second kappa shape index (κ2) is 6.80. The van der Waals surface area contributed by atoms with E-state index in [1.54, 1.807) is 13.2 Å². The maximum absolute atomic E-state index is 12.2. The first kappa shape index (κ1) is 20.0. The van der Waals surface area contributed by atoms with Gasteiger partial charge in [0.1, 0.15) is 6.61 Å². The Hall–Kier alpha value is -0.910. The van der Waals surface area contributed by atoms with Crippen LogP contribution < -0.4 is 5.48 Å².